The number of ether oxygens (including phenoxy) is 1. The molecule has 1 saturated heterocycles. The second-order valence-electron chi connectivity index (χ2n) is 3.96. The van der Waals surface area contributed by atoms with E-state index < -0.39 is 0 Å². The molecule has 2 nitrogen and oxygen atoms in total. The summed E-state index contributed by atoms with van der Waals surface area (Å²) in [6, 6.07) is 2.12. The van der Waals surface area contributed by atoms with Crippen molar-refractivity contribution in [3.63, 3.8) is 0 Å². The largest absolute Gasteiger partial charge is 0.377 e. The quantitative estimate of drug-likeness (QED) is 0.830. The number of rotatable bonds is 2. The van der Waals surface area contributed by atoms with Crippen LogP contribution in [0.2, 0.25) is 0 Å². The van der Waals surface area contributed by atoms with Crippen LogP contribution < -0.4 is 0 Å². The maximum atomic E-state index is 5.63. The van der Waals surface area contributed by atoms with E-state index in [2.05, 4.69) is 39.2 Å². The maximum absolute atomic E-state index is 5.63. The summed E-state index contributed by atoms with van der Waals surface area (Å²) in [5.41, 5.74) is 0. The fourth-order valence-corrected chi connectivity index (χ4v) is 3.38. The molecular formula is C11H16BrNOS. The highest BCUT2D eigenvalue weighted by Gasteiger charge is 2.16. The average molecular weight is 290 g/mol. The van der Waals surface area contributed by atoms with Gasteiger partial charge >= 0.3 is 0 Å². The molecule has 0 amide bonds. The fourth-order valence-electron chi connectivity index (χ4n) is 1.86. The van der Waals surface area contributed by atoms with E-state index in [0.29, 0.717) is 6.10 Å². The van der Waals surface area contributed by atoms with Crippen LogP contribution in [0.4, 0.5) is 0 Å². The van der Waals surface area contributed by atoms with Gasteiger partial charge < -0.3 is 4.74 Å². The first-order valence-electron chi connectivity index (χ1n) is 5.31. The standard InChI is InChI=1S/C11H16BrNOS/c1-9-7-13(4-2-5-14-9)8-11-10(12)3-6-15-11/h3,6,9H,2,4-5,7-8H2,1H3. The molecule has 0 spiro atoms. The number of halogens is 1. The van der Waals surface area contributed by atoms with E-state index in [1.807, 2.05) is 11.3 Å². The van der Waals surface area contributed by atoms with Gasteiger partial charge in [0.1, 0.15) is 0 Å². The van der Waals surface area contributed by atoms with Crippen molar-refractivity contribution in [1.29, 1.82) is 0 Å². The summed E-state index contributed by atoms with van der Waals surface area (Å²) in [7, 11) is 0. The normalized spacial score (nSPS) is 24.0. The minimum absolute atomic E-state index is 0.367. The lowest BCUT2D eigenvalue weighted by molar-refractivity contribution is 0.0669. The predicted octanol–water partition coefficient (Wildman–Crippen LogP) is 3.12. The lowest BCUT2D eigenvalue weighted by Gasteiger charge is -2.21. The first kappa shape index (κ1) is 11.6. The molecular weight excluding hydrogens is 274 g/mol. The minimum atomic E-state index is 0.367. The Morgan fingerprint density at radius 2 is 2.53 bits per heavy atom. The first-order chi connectivity index (χ1) is 7.25. The SMILES string of the molecule is CC1CN(Cc2sccc2Br)CCCO1. The van der Waals surface area contributed by atoms with E-state index in [-0.39, 0.29) is 0 Å². The Bertz CT molecular complexity index is 315. The van der Waals surface area contributed by atoms with E-state index in [1.165, 1.54) is 9.35 Å². The van der Waals surface area contributed by atoms with Crippen LogP contribution in [0.1, 0.15) is 18.2 Å². The fraction of sp³-hybridized carbons (Fsp3) is 0.636. The van der Waals surface area contributed by atoms with Crippen LogP contribution in [-0.2, 0) is 11.3 Å². The van der Waals surface area contributed by atoms with Gasteiger partial charge in [-0.25, -0.2) is 0 Å². The molecule has 4 heteroatoms. The second kappa shape index (κ2) is 5.43. The predicted molar refractivity (Wildman–Crippen MR) is 67.3 cm³/mol. The van der Waals surface area contributed by atoms with Crippen molar-refractivity contribution in [2.45, 2.75) is 26.0 Å². The van der Waals surface area contributed by atoms with Crippen LogP contribution in [0, 0.1) is 0 Å². The van der Waals surface area contributed by atoms with Crippen LogP contribution >= 0.6 is 27.3 Å². The van der Waals surface area contributed by atoms with Gasteiger partial charge in [0, 0.05) is 35.6 Å². The van der Waals surface area contributed by atoms with Crippen LogP contribution in [0.25, 0.3) is 0 Å². The smallest absolute Gasteiger partial charge is 0.0674 e. The molecule has 0 radical (unpaired) electrons. The zero-order valence-corrected chi connectivity index (χ0v) is 11.3. The number of thiophene rings is 1. The van der Waals surface area contributed by atoms with Crippen LogP contribution in [0.5, 0.6) is 0 Å². The summed E-state index contributed by atoms with van der Waals surface area (Å²) >= 11 is 5.40. The average Bonchev–Trinajstić information content (AvgIpc) is 2.48. The van der Waals surface area contributed by atoms with Gasteiger partial charge in [0.15, 0.2) is 0 Å². The van der Waals surface area contributed by atoms with Crippen molar-refractivity contribution in [2.24, 2.45) is 0 Å². The number of nitrogens with zero attached hydrogens (tertiary/aromatic N) is 1. The van der Waals surface area contributed by atoms with Crippen LogP contribution in [-0.4, -0.2) is 30.7 Å². The molecule has 1 aromatic rings. The molecule has 1 aliphatic heterocycles. The molecule has 0 aromatic carbocycles. The lowest BCUT2D eigenvalue weighted by atomic mass is 10.3. The zero-order valence-electron chi connectivity index (χ0n) is 8.91. The van der Waals surface area contributed by atoms with Gasteiger partial charge in [-0.1, -0.05) is 0 Å². The van der Waals surface area contributed by atoms with Crippen molar-refractivity contribution in [1.82, 2.24) is 4.90 Å². The Morgan fingerprint density at radius 3 is 3.27 bits per heavy atom. The van der Waals surface area contributed by atoms with Gasteiger partial charge in [-0.3, -0.25) is 4.90 Å². The molecule has 1 fully saturated rings. The molecule has 2 rings (SSSR count). The Morgan fingerprint density at radius 1 is 1.67 bits per heavy atom. The topological polar surface area (TPSA) is 12.5 Å². The van der Waals surface area contributed by atoms with Crippen molar-refractivity contribution in [3.05, 3.63) is 20.8 Å². The highest BCUT2D eigenvalue weighted by molar-refractivity contribution is 9.10. The molecule has 15 heavy (non-hydrogen) atoms. The van der Waals surface area contributed by atoms with E-state index in [0.717, 1.165) is 32.7 Å². The van der Waals surface area contributed by atoms with Gasteiger partial charge in [0.25, 0.3) is 0 Å². The molecule has 1 unspecified atom stereocenters. The Hall–Kier alpha value is 0.1000. The van der Waals surface area contributed by atoms with E-state index in [4.69, 9.17) is 4.74 Å². The molecule has 0 bridgehead atoms. The highest BCUT2D eigenvalue weighted by atomic mass is 79.9. The Kier molecular flexibility index (Phi) is 4.20. The molecule has 0 saturated carbocycles. The first-order valence-corrected chi connectivity index (χ1v) is 6.99. The third-order valence-corrected chi connectivity index (χ3v) is 4.51. The summed E-state index contributed by atoms with van der Waals surface area (Å²) < 4.78 is 6.87. The van der Waals surface area contributed by atoms with E-state index >= 15 is 0 Å². The van der Waals surface area contributed by atoms with Gasteiger partial charge in [-0.2, -0.15) is 0 Å². The molecule has 1 aromatic heterocycles. The summed E-state index contributed by atoms with van der Waals surface area (Å²) in [5.74, 6) is 0. The second-order valence-corrected chi connectivity index (χ2v) is 5.82. The summed E-state index contributed by atoms with van der Waals surface area (Å²) in [4.78, 5) is 3.90. The third kappa shape index (κ3) is 3.28. The molecule has 1 aliphatic rings. The Labute approximate surface area is 103 Å². The van der Waals surface area contributed by atoms with Crippen molar-refractivity contribution in [2.75, 3.05) is 19.7 Å². The zero-order chi connectivity index (χ0) is 10.7. The summed E-state index contributed by atoms with van der Waals surface area (Å²) in [5, 5.41) is 2.14. The van der Waals surface area contributed by atoms with Gasteiger partial charge in [-0.15, -0.1) is 11.3 Å². The monoisotopic (exact) mass is 289 g/mol. The molecule has 84 valence electrons. The van der Waals surface area contributed by atoms with Gasteiger partial charge in [0.05, 0.1) is 6.10 Å². The molecule has 0 N–H and O–H groups in total. The number of hydrogen-bond acceptors (Lipinski definition) is 3. The van der Waals surface area contributed by atoms with E-state index in [9.17, 15) is 0 Å². The van der Waals surface area contributed by atoms with Crippen LogP contribution in [0.3, 0.4) is 0 Å². The van der Waals surface area contributed by atoms with Crippen molar-refractivity contribution >= 4 is 27.3 Å². The molecule has 0 aliphatic carbocycles. The van der Waals surface area contributed by atoms with Crippen molar-refractivity contribution in [3.8, 4) is 0 Å². The summed E-state index contributed by atoms with van der Waals surface area (Å²) in [6.45, 7) is 6.30. The Balaban J connectivity index is 1.96. The molecule has 1 atom stereocenters. The minimum Gasteiger partial charge on any atom is -0.377 e. The van der Waals surface area contributed by atoms with Gasteiger partial charge in [-0.05, 0) is 40.7 Å². The summed E-state index contributed by atoms with van der Waals surface area (Å²) in [6.07, 6.45) is 1.51. The highest BCUT2D eigenvalue weighted by Crippen LogP contribution is 2.24. The lowest BCUT2D eigenvalue weighted by Crippen LogP contribution is -2.29. The van der Waals surface area contributed by atoms with Crippen LogP contribution in [0.15, 0.2) is 15.9 Å². The van der Waals surface area contributed by atoms with Gasteiger partial charge in [0.2, 0.25) is 0 Å². The maximum Gasteiger partial charge on any atom is 0.0674 e. The molecule has 2 heterocycles. The number of hydrogen-bond donors (Lipinski definition) is 0. The van der Waals surface area contributed by atoms with Crippen molar-refractivity contribution < 1.29 is 4.74 Å². The third-order valence-electron chi connectivity index (χ3n) is 2.59. The van der Waals surface area contributed by atoms with E-state index in [1.54, 1.807) is 0 Å².